The Morgan fingerprint density at radius 3 is 2.32 bits per heavy atom. The molecule has 2 rings (SSSR count). The van der Waals surface area contributed by atoms with Gasteiger partial charge in [0.1, 0.15) is 18.4 Å². The van der Waals surface area contributed by atoms with Gasteiger partial charge in [0.15, 0.2) is 0 Å². The number of primary amides is 1. The second kappa shape index (κ2) is 9.44. The smallest absolute Gasteiger partial charge is 0.246 e. The Morgan fingerprint density at radius 2 is 1.72 bits per heavy atom. The summed E-state index contributed by atoms with van der Waals surface area (Å²) in [5, 5.41) is 2.61. The van der Waals surface area contributed by atoms with Gasteiger partial charge in [-0.05, 0) is 23.3 Å². The van der Waals surface area contributed by atoms with E-state index in [1.54, 1.807) is 19.2 Å². The molecule has 0 bridgehead atoms. The summed E-state index contributed by atoms with van der Waals surface area (Å²) in [6.07, 6.45) is 0.309. The molecule has 0 fully saturated rings. The van der Waals surface area contributed by atoms with E-state index in [0.29, 0.717) is 13.0 Å². The number of nitrogens with two attached hydrogens (primary N) is 1. The van der Waals surface area contributed by atoms with Gasteiger partial charge in [-0.2, -0.15) is 0 Å². The van der Waals surface area contributed by atoms with Gasteiger partial charge in [0.05, 0.1) is 13.7 Å². The minimum absolute atomic E-state index is 0.138. The number of carbonyl (C=O) groups excluding carboxylic acids is 2. The molecular weight excluding hydrogens is 320 g/mol. The van der Waals surface area contributed by atoms with Crippen molar-refractivity contribution in [1.29, 1.82) is 0 Å². The van der Waals surface area contributed by atoms with E-state index in [4.69, 9.17) is 15.2 Å². The molecule has 0 saturated heterocycles. The third kappa shape index (κ3) is 6.27. The number of benzene rings is 2. The fourth-order valence-electron chi connectivity index (χ4n) is 2.29. The van der Waals surface area contributed by atoms with Crippen LogP contribution < -0.4 is 15.8 Å². The number of nitrogens with one attached hydrogen (secondary N) is 1. The number of hydrogen-bond acceptors (Lipinski definition) is 4. The second-order valence-electron chi connectivity index (χ2n) is 5.55. The lowest BCUT2D eigenvalue weighted by Gasteiger charge is -2.16. The minimum Gasteiger partial charge on any atom is -0.497 e. The van der Waals surface area contributed by atoms with Crippen LogP contribution in [0.3, 0.4) is 0 Å². The van der Waals surface area contributed by atoms with Crippen LogP contribution in [0.1, 0.15) is 11.1 Å². The Labute approximate surface area is 146 Å². The molecule has 1 atom stereocenters. The Hall–Kier alpha value is -2.86. The predicted molar refractivity (Wildman–Crippen MR) is 93.9 cm³/mol. The maximum absolute atomic E-state index is 12.0. The molecule has 0 unspecified atom stereocenters. The van der Waals surface area contributed by atoms with Gasteiger partial charge in [-0.3, -0.25) is 9.59 Å². The number of hydrogen-bond donors (Lipinski definition) is 2. The number of methoxy groups -OCH3 is 1. The van der Waals surface area contributed by atoms with Crippen molar-refractivity contribution in [2.24, 2.45) is 5.73 Å². The van der Waals surface area contributed by atoms with Crippen LogP contribution in [0.5, 0.6) is 5.75 Å². The van der Waals surface area contributed by atoms with E-state index < -0.39 is 11.9 Å². The van der Waals surface area contributed by atoms with Gasteiger partial charge in [-0.15, -0.1) is 0 Å². The summed E-state index contributed by atoms with van der Waals surface area (Å²) in [7, 11) is 1.58. The SMILES string of the molecule is COc1ccc(C[C@H](NC(=O)COCc2ccccc2)C(N)=O)cc1. The van der Waals surface area contributed by atoms with Gasteiger partial charge in [-0.25, -0.2) is 0 Å². The predicted octanol–water partition coefficient (Wildman–Crippen LogP) is 1.42. The first kappa shape index (κ1) is 18.5. The summed E-state index contributed by atoms with van der Waals surface area (Å²) in [4.78, 5) is 23.6. The average Bonchev–Trinajstić information content (AvgIpc) is 2.62. The Kier molecular flexibility index (Phi) is 6.98. The Balaban J connectivity index is 1.83. The summed E-state index contributed by atoms with van der Waals surface area (Å²) < 4.78 is 10.5. The number of rotatable bonds is 9. The minimum atomic E-state index is -0.791. The topological polar surface area (TPSA) is 90.7 Å². The first-order valence-corrected chi connectivity index (χ1v) is 7.91. The van der Waals surface area contributed by atoms with Crippen LogP contribution in [0.2, 0.25) is 0 Å². The summed E-state index contributed by atoms with van der Waals surface area (Å²) in [5.41, 5.74) is 7.23. The molecule has 0 aliphatic heterocycles. The highest BCUT2D eigenvalue weighted by Crippen LogP contribution is 2.12. The van der Waals surface area contributed by atoms with Crippen LogP contribution in [0.15, 0.2) is 54.6 Å². The van der Waals surface area contributed by atoms with Gasteiger partial charge in [-0.1, -0.05) is 42.5 Å². The van der Waals surface area contributed by atoms with E-state index in [2.05, 4.69) is 5.32 Å². The van der Waals surface area contributed by atoms with Crippen LogP contribution in [-0.4, -0.2) is 31.6 Å². The van der Waals surface area contributed by atoms with E-state index in [1.807, 2.05) is 42.5 Å². The molecule has 6 heteroatoms. The lowest BCUT2D eigenvalue weighted by atomic mass is 10.1. The molecule has 0 aliphatic rings. The zero-order valence-electron chi connectivity index (χ0n) is 14.1. The Bertz CT molecular complexity index is 686. The monoisotopic (exact) mass is 342 g/mol. The molecule has 3 N–H and O–H groups in total. The molecule has 0 saturated carbocycles. The van der Waals surface area contributed by atoms with Crippen molar-refractivity contribution >= 4 is 11.8 Å². The molecule has 0 heterocycles. The maximum atomic E-state index is 12.0. The maximum Gasteiger partial charge on any atom is 0.246 e. The van der Waals surface area contributed by atoms with Crippen molar-refractivity contribution < 1.29 is 19.1 Å². The third-order valence-electron chi connectivity index (χ3n) is 3.62. The average molecular weight is 342 g/mol. The number of carbonyl (C=O) groups is 2. The summed E-state index contributed by atoms with van der Waals surface area (Å²) in [5.74, 6) is -0.252. The van der Waals surface area contributed by atoms with E-state index in [9.17, 15) is 9.59 Å². The quantitative estimate of drug-likeness (QED) is 0.721. The van der Waals surface area contributed by atoms with Crippen LogP contribution in [0.4, 0.5) is 0 Å². The zero-order chi connectivity index (χ0) is 18.1. The molecular formula is C19H22N2O4. The molecule has 2 aromatic rings. The van der Waals surface area contributed by atoms with E-state index in [1.165, 1.54) is 0 Å². The first-order chi connectivity index (χ1) is 12.1. The molecule has 0 radical (unpaired) electrons. The van der Waals surface area contributed by atoms with E-state index in [0.717, 1.165) is 16.9 Å². The van der Waals surface area contributed by atoms with Crippen molar-refractivity contribution in [3.05, 3.63) is 65.7 Å². The molecule has 0 aliphatic carbocycles. The van der Waals surface area contributed by atoms with Gasteiger partial charge >= 0.3 is 0 Å². The third-order valence-corrected chi connectivity index (χ3v) is 3.62. The summed E-state index contributed by atoms with van der Waals surface area (Å²) in [6, 6.07) is 16.0. The Morgan fingerprint density at radius 1 is 1.04 bits per heavy atom. The fourth-order valence-corrected chi connectivity index (χ4v) is 2.29. The van der Waals surface area contributed by atoms with E-state index >= 15 is 0 Å². The molecule has 132 valence electrons. The van der Waals surface area contributed by atoms with Gasteiger partial charge < -0.3 is 20.5 Å². The largest absolute Gasteiger partial charge is 0.497 e. The molecule has 25 heavy (non-hydrogen) atoms. The molecule has 0 aromatic heterocycles. The first-order valence-electron chi connectivity index (χ1n) is 7.91. The fraction of sp³-hybridized carbons (Fsp3) is 0.263. The van der Waals surface area contributed by atoms with Crippen molar-refractivity contribution in [3.63, 3.8) is 0 Å². The standard InChI is InChI=1S/C19H22N2O4/c1-24-16-9-7-14(8-10-16)11-17(19(20)23)21-18(22)13-25-12-15-5-3-2-4-6-15/h2-10,17H,11-13H2,1H3,(H2,20,23)(H,21,22)/t17-/m0/s1. The van der Waals surface area contributed by atoms with Crippen molar-refractivity contribution in [2.45, 2.75) is 19.1 Å². The highest BCUT2D eigenvalue weighted by molar-refractivity contribution is 5.87. The summed E-state index contributed by atoms with van der Waals surface area (Å²) >= 11 is 0. The van der Waals surface area contributed by atoms with Gasteiger partial charge in [0, 0.05) is 6.42 Å². The van der Waals surface area contributed by atoms with E-state index in [-0.39, 0.29) is 12.5 Å². The molecule has 2 aromatic carbocycles. The highest BCUT2D eigenvalue weighted by atomic mass is 16.5. The van der Waals surface area contributed by atoms with Crippen LogP contribution in [0, 0.1) is 0 Å². The van der Waals surface area contributed by atoms with Gasteiger partial charge in [0.25, 0.3) is 0 Å². The van der Waals surface area contributed by atoms with Crippen molar-refractivity contribution in [3.8, 4) is 5.75 Å². The molecule has 2 amide bonds. The normalized spacial score (nSPS) is 11.6. The summed E-state index contributed by atoms with van der Waals surface area (Å²) in [6.45, 7) is 0.190. The van der Waals surface area contributed by atoms with Crippen molar-refractivity contribution in [2.75, 3.05) is 13.7 Å². The number of ether oxygens (including phenoxy) is 2. The molecule has 6 nitrogen and oxygen atoms in total. The van der Waals surface area contributed by atoms with Crippen LogP contribution >= 0.6 is 0 Å². The lowest BCUT2D eigenvalue weighted by Crippen LogP contribution is -2.47. The second-order valence-corrected chi connectivity index (χ2v) is 5.55. The van der Waals surface area contributed by atoms with Gasteiger partial charge in [0.2, 0.25) is 11.8 Å². The zero-order valence-corrected chi connectivity index (χ0v) is 14.1. The highest BCUT2D eigenvalue weighted by Gasteiger charge is 2.18. The van der Waals surface area contributed by atoms with Crippen molar-refractivity contribution in [1.82, 2.24) is 5.32 Å². The number of amides is 2. The van der Waals surface area contributed by atoms with Crippen LogP contribution in [0.25, 0.3) is 0 Å². The van der Waals surface area contributed by atoms with Crippen LogP contribution in [-0.2, 0) is 27.4 Å². The lowest BCUT2D eigenvalue weighted by molar-refractivity contribution is -0.130. The molecule has 0 spiro atoms.